The zero-order valence-corrected chi connectivity index (χ0v) is 13.1. The molecule has 19 heavy (non-hydrogen) atoms. The van der Waals surface area contributed by atoms with E-state index in [2.05, 4.69) is 35.1 Å². The predicted octanol–water partition coefficient (Wildman–Crippen LogP) is 4.06. The largest absolute Gasteiger partial charge is 0.381 e. The molecule has 1 heterocycles. The fourth-order valence-electron chi connectivity index (χ4n) is 2.34. The van der Waals surface area contributed by atoms with E-state index in [4.69, 9.17) is 4.74 Å². The van der Waals surface area contributed by atoms with Gasteiger partial charge in [-0.15, -0.1) is 0 Å². The number of hydrogen-bond acceptors (Lipinski definition) is 2. The second-order valence-electron chi connectivity index (χ2n) is 5.70. The second kappa shape index (κ2) is 6.33. The Balaban J connectivity index is 1.93. The maximum absolute atomic E-state index is 13.2. The lowest BCUT2D eigenvalue weighted by molar-refractivity contribution is 0.0231. The quantitative estimate of drug-likeness (QED) is 0.899. The Morgan fingerprint density at radius 2 is 2.11 bits per heavy atom. The van der Waals surface area contributed by atoms with Crippen molar-refractivity contribution in [3.05, 3.63) is 34.1 Å². The first-order valence-electron chi connectivity index (χ1n) is 6.76. The molecule has 1 N–H and O–H groups in total. The minimum absolute atomic E-state index is 0.215. The highest BCUT2D eigenvalue weighted by Gasteiger charge is 2.27. The summed E-state index contributed by atoms with van der Waals surface area (Å²) in [6.45, 7) is 7.09. The van der Waals surface area contributed by atoms with Gasteiger partial charge in [0.2, 0.25) is 0 Å². The minimum atomic E-state index is -0.215. The van der Waals surface area contributed by atoms with Crippen LogP contribution in [0.3, 0.4) is 0 Å². The van der Waals surface area contributed by atoms with E-state index < -0.39 is 0 Å². The Morgan fingerprint density at radius 3 is 2.74 bits per heavy atom. The molecule has 0 aromatic heterocycles. The fraction of sp³-hybridized carbons (Fsp3) is 0.600. The summed E-state index contributed by atoms with van der Waals surface area (Å²) >= 11 is 3.23. The molecule has 0 saturated carbocycles. The molecule has 0 aliphatic carbocycles. The molecule has 2 rings (SSSR count). The molecule has 1 atom stereocenters. The zero-order chi connectivity index (χ0) is 13.9. The van der Waals surface area contributed by atoms with Crippen LogP contribution in [0, 0.1) is 11.2 Å². The van der Waals surface area contributed by atoms with Crippen LogP contribution in [-0.4, -0.2) is 19.8 Å². The third-order valence-electron chi connectivity index (χ3n) is 3.98. The molecule has 1 aliphatic rings. The lowest BCUT2D eigenvalue weighted by Gasteiger charge is -2.34. The van der Waals surface area contributed by atoms with Crippen LogP contribution in [0.15, 0.2) is 22.7 Å². The molecule has 106 valence electrons. The first kappa shape index (κ1) is 14.9. The van der Waals surface area contributed by atoms with Crippen LogP contribution < -0.4 is 5.32 Å². The van der Waals surface area contributed by atoms with Crippen molar-refractivity contribution in [1.29, 1.82) is 0 Å². The molecule has 1 aromatic carbocycles. The number of ether oxygens (including phenoxy) is 1. The Kier molecular flexibility index (Phi) is 4.98. The number of halogens is 2. The Labute approximate surface area is 122 Å². The van der Waals surface area contributed by atoms with E-state index in [1.807, 2.05) is 12.1 Å². The van der Waals surface area contributed by atoms with Crippen LogP contribution in [0.5, 0.6) is 0 Å². The van der Waals surface area contributed by atoms with Gasteiger partial charge in [0.05, 0.1) is 4.47 Å². The van der Waals surface area contributed by atoms with Crippen LogP contribution >= 0.6 is 15.9 Å². The molecule has 4 heteroatoms. The molecule has 1 fully saturated rings. The monoisotopic (exact) mass is 329 g/mol. The van der Waals surface area contributed by atoms with Crippen molar-refractivity contribution >= 4 is 15.9 Å². The van der Waals surface area contributed by atoms with Gasteiger partial charge in [-0.05, 0) is 58.8 Å². The molecule has 1 unspecified atom stereocenters. The fourth-order valence-corrected chi connectivity index (χ4v) is 2.74. The van der Waals surface area contributed by atoms with E-state index in [0.717, 1.165) is 38.2 Å². The van der Waals surface area contributed by atoms with Gasteiger partial charge in [-0.1, -0.05) is 13.0 Å². The topological polar surface area (TPSA) is 21.3 Å². The zero-order valence-electron chi connectivity index (χ0n) is 11.5. The first-order chi connectivity index (χ1) is 9.00. The molecule has 0 bridgehead atoms. The summed E-state index contributed by atoms with van der Waals surface area (Å²) in [5.41, 5.74) is 1.41. The average Bonchev–Trinajstić information content (AvgIpc) is 2.40. The predicted molar refractivity (Wildman–Crippen MR) is 78.7 cm³/mol. The third kappa shape index (κ3) is 4.01. The summed E-state index contributed by atoms with van der Waals surface area (Å²) in [6.07, 6.45) is 2.19. The highest BCUT2D eigenvalue weighted by atomic mass is 79.9. The summed E-state index contributed by atoms with van der Waals surface area (Å²) in [5, 5.41) is 3.56. The summed E-state index contributed by atoms with van der Waals surface area (Å²) in [6, 6.07) is 5.41. The number of rotatable bonds is 4. The van der Waals surface area contributed by atoms with Crippen molar-refractivity contribution < 1.29 is 9.13 Å². The van der Waals surface area contributed by atoms with Crippen LogP contribution in [0.4, 0.5) is 4.39 Å². The van der Waals surface area contributed by atoms with Gasteiger partial charge in [-0.2, -0.15) is 0 Å². The lowest BCUT2D eigenvalue weighted by atomic mass is 9.82. The van der Waals surface area contributed by atoms with Crippen molar-refractivity contribution in [3.63, 3.8) is 0 Å². The molecule has 1 aliphatic heterocycles. The van der Waals surface area contributed by atoms with Crippen LogP contribution in [0.25, 0.3) is 0 Å². The van der Waals surface area contributed by atoms with Gasteiger partial charge in [-0.25, -0.2) is 4.39 Å². The molecule has 0 amide bonds. The second-order valence-corrected chi connectivity index (χ2v) is 6.55. The van der Waals surface area contributed by atoms with E-state index in [9.17, 15) is 4.39 Å². The Bertz CT molecular complexity index is 432. The summed E-state index contributed by atoms with van der Waals surface area (Å²) in [7, 11) is 0. The van der Waals surface area contributed by atoms with Gasteiger partial charge >= 0.3 is 0 Å². The highest BCUT2D eigenvalue weighted by molar-refractivity contribution is 9.10. The average molecular weight is 330 g/mol. The molecule has 0 radical (unpaired) electrons. The van der Waals surface area contributed by atoms with Gasteiger partial charge < -0.3 is 10.1 Å². The third-order valence-corrected chi connectivity index (χ3v) is 4.59. The van der Waals surface area contributed by atoms with Gasteiger partial charge in [0.15, 0.2) is 0 Å². The smallest absolute Gasteiger partial charge is 0.137 e. The maximum atomic E-state index is 13.2. The number of nitrogens with one attached hydrogen (secondary N) is 1. The molecular weight excluding hydrogens is 309 g/mol. The van der Waals surface area contributed by atoms with E-state index >= 15 is 0 Å². The Morgan fingerprint density at radius 1 is 1.42 bits per heavy atom. The van der Waals surface area contributed by atoms with Crippen molar-refractivity contribution in [2.45, 2.75) is 32.7 Å². The van der Waals surface area contributed by atoms with Crippen LogP contribution in [-0.2, 0) is 4.74 Å². The van der Waals surface area contributed by atoms with Gasteiger partial charge in [0.1, 0.15) is 5.82 Å². The van der Waals surface area contributed by atoms with Gasteiger partial charge in [0.25, 0.3) is 0 Å². The molecule has 2 nitrogen and oxygen atoms in total. The van der Waals surface area contributed by atoms with Crippen molar-refractivity contribution in [2.75, 3.05) is 19.8 Å². The Hall–Kier alpha value is -0.450. The van der Waals surface area contributed by atoms with Crippen LogP contribution in [0.2, 0.25) is 0 Å². The van der Waals surface area contributed by atoms with E-state index in [1.165, 1.54) is 6.07 Å². The summed E-state index contributed by atoms with van der Waals surface area (Å²) < 4.78 is 19.2. The molecule has 1 aromatic rings. The summed E-state index contributed by atoms with van der Waals surface area (Å²) in [5.74, 6) is -0.215. The molecule has 0 spiro atoms. The van der Waals surface area contributed by atoms with Crippen molar-refractivity contribution in [2.24, 2.45) is 5.41 Å². The van der Waals surface area contributed by atoms with E-state index in [-0.39, 0.29) is 11.9 Å². The molecular formula is C15H21BrFNO. The van der Waals surface area contributed by atoms with Crippen LogP contribution in [0.1, 0.15) is 38.3 Å². The van der Waals surface area contributed by atoms with E-state index in [1.54, 1.807) is 0 Å². The van der Waals surface area contributed by atoms with Gasteiger partial charge in [-0.3, -0.25) is 0 Å². The van der Waals surface area contributed by atoms with Crippen molar-refractivity contribution in [3.8, 4) is 0 Å². The summed E-state index contributed by atoms with van der Waals surface area (Å²) in [4.78, 5) is 0. The number of benzene rings is 1. The van der Waals surface area contributed by atoms with E-state index in [0.29, 0.717) is 9.89 Å². The minimum Gasteiger partial charge on any atom is -0.381 e. The normalized spacial score (nSPS) is 20.2. The SMILES string of the molecule is CC(NCC1(C)CCOCC1)c1ccc(F)c(Br)c1. The number of hydrogen-bond donors (Lipinski definition) is 1. The highest BCUT2D eigenvalue weighted by Crippen LogP contribution is 2.30. The van der Waals surface area contributed by atoms with Gasteiger partial charge in [0, 0.05) is 25.8 Å². The lowest BCUT2D eigenvalue weighted by Crippen LogP contribution is -2.37. The standard InChI is InChI=1S/C15H21BrFNO/c1-11(12-3-4-14(17)13(16)9-12)18-10-15(2)5-7-19-8-6-15/h3-4,9,11,18H,5-8,10H2,1-2H3. The molecule has 1 saturated heterocycles. The van der Waals surface area contributed by atoms with Crippen molar-refractivity contribution in [1.82, 2.24) is 5.32 Å². The maximum Gasteiger partial charge on any atom is 0.137 e. The first-order valence-corrected chi connectivity index (χ1v) is 7.56.